The smallest absolute Gasteiger partial charge is 0.0630 e. The van der Waals surface area contributed by atoms with Crippen LogP contribution in [-0.2, 0) is 0 Å². The van der Waals surface area contributed by atoms with Crippen molar-refractivity contribution >= 4 is 40.0 Å². The zero-order valence-electron chi connectivity index (χ0n) is 12.6. The Bertz CT molecular complexity index is 801. The highest BCUT2D eigenvalue weighted by Gasteiger charge is 1.92. The number of benzene rings is 3. The molecule has 0 fully saturated rings. The van der Waals surface area contributed by atoms with Crippen molar-refractivity contribution in [3.8, 4) is 0 Å². The Kier molecular flexibility index (Phi) is 5.17. The molecule has 0 atom stereocenters. The monoisotopic (exact) mass is 361 g/mol. The molecular formula is C21H16BrN. The van der Waals surface area contributed by atoms with Crippen LogP contribution in [0.5, 0.6) is 0 Å². The van der Waals surface area contributed by atoms with E-state index in [9.17, 15) is 0 Å². The van der Waals surface area contributed by atoms with Gasteiger partial charge in [-0.2, -0.15) is 0 Å². The van der Waals surface area contributed by atoms with Gasteiger partial charge in [0.15, 0.2) is 0 Å². The van der Waals surface area contributed by atoms with Gasteiger partial charge >= 0.3 is 0 Å². The van der Waals surface area contributed by atoms with Gasteiger partial charge in [0.1, 0.15) is 0 Å². The van der Waals surface area contributed by atoms with Gasteiger partial charge in [0, 0.05) is 10.7 Å². The lowest BCUT2D eigenvalue weighted by molar-refractivity contribution is 1.51. The normalized spacial score (nSPS) is 11.3. The van der Waals surface area contributed by atoms with Crippen molar-refractivity contribution in [3.63, 3.8) is 0 Å². The lowest BCUT2D eigenvalue weighted by Gasteiger charge is -1.97. The van der Waals surface area contributed by atoms with Gasteiger partial charge in [-0.25, -0.2) is 0 Å². The largest absolute Gasteiger partial charge is 0.256 e. The first-order valence-electron chi connectivity index (χ1n) is 7.42. The highest BCUT2D eigenvalue weighted by Crippen LogP contribution is 2.16. The number of aliphatic imine (C=N–C) groups is 1. The first-order chi connectivity index (χ1) is 11.3. The molecular weight excluding hydrogens is 346 g/mol. The van der Waals surface area contributed by atoms with E-state index in [0.717, 1.165) is 21.3 Å². The van der Waals surface area contributed by atoms with Crippen LogP contribution in [0.2, 0.25) is 0 Å². The van der Waals surface area contributed by atoms with Gasteiger partial charge in [-0.1, -0.05) is 82.7 Å². The number of rotatable bonds is 4. The maximum atomic E-state index is 4.50. The van der Waals surface area contributed by atoms with E-state index in [1.54, 1.807) is 0 Å². The fourth-order valence-electron chi connectivity index (χ4n) is 2.13. The minimum absolute atomic E-state index is 0.949. The third kappa shape index (κ3) is 4.76. The first kappa shape index (κ1) is 15.4. The Hall–Kier alpha value is -2.45. The molecule has 3 rings (SSSR count). The summed E-state index contributed by atoms with van der Waals surface area (Å²) in [6, 6.07) is 26.6. The fraction of sp³-hybridized carbons (Fsp3) is 0. The Morgan fingerprint density at radius 2 is 1.17 bits per heavy atom. The van der Waals surface area contributed by atoms with Crippen molar-refractivity contribution in [2.24, 2.45) is 4.99 Å². The van der Waals surface area contributed by atoms with Gasteiger partial charge in [0.25, 0.3) is 0 Å². The van der Waals surface area contributed by atoms with E-state index in [1.165, 1.54) is 5.56 Å². The topological polar surface area (TPSA) is 12.4 Å². The van der Waals surface area contributed by atoms with Crippen LogP contribution in [0.25, 0.3) is 12.2 Å². The van der Waals surface area contributed by atoms with Gasteiger partial charge in [-0.15, -0.1) is 0 Å². The van der Waals surface area contributed by atoms with E-state index in [-0.39, 0.29) is 0 Å². The van der Waals surface area contributed by atoms with Crippen LogP contribution in [0.15, 0.2) is 88.3 Å². The van der Waals surface area contributed by atoms with Crippen molar-refractivity contribution in [3.05, 3.63) is 100 Å². The van der Waals surface area contributed by atoms with Crippen molar-refractivity contribution < 1.29 is 0 Å². The van der Waals surface area contributed by atoms with Crippen molar-refractivity contribution in [2.45, 2.75) is 0 Å². The Balaban J connectivity index is 1.67. The van der Waals surface area contributed by atoms with Crippen molar-refractivity contribution in [1.29, 1.82) is 0 Å². The molecule has 0 aliphatic rings. The summed E-state index contributed by atoms with van der Waals surface area (Å²) in [6.07, 6.45) is 6.10. The first-order valence-corrected chi connectivity index (χ1v) is 8.22. The molecule has 0 heterocycles. The number of hydrogen-bond acceptors (Lipinski definition) is 1. The average molecular weight is 362 g/mol. The van der Waals surface area contributed by atoms with E-state index in [4.69, 9.17) is 0 Å². The van der Waals surface area contributed by atoms with E-state index < -0.39 is 0 Å². The van der Waals surface area contributed by atoms with Crippen LogP contribution in [0, 0.1) is 0 Å². The van der Waals surface area contributed by atoms with Crippen LogP contribution < -0.4 is 0 Å². The van der Waals surface area contributed by atoms with Crippen LogP contribution >= 0.6 is 15.9 Å². The van der Waals surface area contributed by atoms with Crippen molar-refractivity contribution in [1.82, 2.24) is 0 Å². The third-order valence-electron chi connectivity index (χ3n) is 3.39. The number of halogens is 1. The highest BCUT2D eigenvalue weighted by molar-refractivity contribution is 9.10. The third-order valence-corrected chi connectivity index (χ3v) is 3.92. The second-order valence-corrected chi connectivity index (χ2v) is 6.06. The summed E-state index contributed by atoms with van der Waals surface area (Å²) in [4.78, 5) is 4.50. The molecule has 23 heavy (non-hydrogen) atoms. The molecule has 112 valence electrons. The minimum Gasteiger partial charge on any atom is -0.256 e. The van der Waals surface area contributed by atoms with E-state index in [1.807, 2.05) is 60.8 Å². The van der Waals surface area contributed by atoms with Crippen LogP contribution in [0.1, 0.15) is 16.7 Å². The standard InChI is InChI=1S/C21H16BrN/c22-20-12-8-19(9-13-20)16-23-21-14-10-18(11-15-21)7-6-17-4-2-1-3-5-17/h1-16H/b7-6+,23-16?. The maximum absolute atomic E-state index is 4.50. The zero-order chi connectivity index (χ0) is 15.9. The molecule has 3 aromatic carbocycles. The molecule has 3 aromatic rings. The molecule has 0 amide bonds. The molecule has 0 aliphatic heterocycles. The molecule has 0 saturated heterocycles. The van der Waals surface area contributed by atoms with Crippen LogP contribution in [-0.4, -0.2) is 6.21 Å². The SMILES string of the molecule is Brc1ccc(C=Nc2ccc(/C=C/c3ccccc3)cc2)cc1. The van der Waals surface area contributed by atoms with Gasteiger partial charge < -0.3 is 0 Å². The molecule has 0 saturated carbocycles. The van der Waals surface area contributed by atoms with Gasteiger partial charge in [-0.3, -0.25) is 4.99 Å². The quantitative estimate of drug-likeness (QED) is 0.378. The predicted octanol–water partition coefficient (Wildman–Crippen LogP) is 6.37. The molecule has 0 aliphatic carbocycles. The lowest BCUT2D eigenvalue weighted by Crippen LogP contribution is -1.79. The Labute approximate surface area is 145 Å². The predicted molar refractivity (Wildman–Crippen MR) is 103 cm³/mol. The molecule has 0 spiro atoms. The number of hydrogen-bond donors (Lipinski definition) is 0. The van der Waals surface area contributed by atoms with Gasteiger partial charge in [0.05, 0.1) is 5.69 Å². The molecule has 2 heteroatoms. The van der Waals surface area contributed by atoms with E-state index >= 15 is 0 Å². The van der Waals surface area contributed by atoms with E-state index in [2.05, 4.69) is 57.3 Å². The summed E-state index contributed by atoms with van der Waals surface area (Å²) < 4.78 is 1.07. The van der Waals surface area contributed by atoms with E-state index in [0.29, 0.717) is 0 Å². The summed E-state index contributed by atoms with van der Waals surface area (Å²) >= 11 is 3.43. The summed E-state index contributed by atoms with van der Waals surface area (Å²) in [5.41, 5.74) is 4.40. The summed E-state index contributed by atoms with van der Waals surface area (Å²) in [5, 5.41) is 0. The van der Waals surface area contributed by atoms with Gasteiger partial charge in [-0.05, 0) is 41.0 Å². The fourth-order valence-corrected chi connectivity index (χ4v) is 2.39. The second-order valence-electron chi connectivity index (χ2n) is 5.15. The molecule has 0 radical (unpaired) electrons. The highest BCUT2D eigenvalue weighted by atomic mass is 79.9. The average Bonchev–Trinajstić information content (AvgIpc) is 2.61. The maximum Gasteiger partial charge on any atom is 0.0630 e. The van der Waals surface area contributed by atoms with Gasteiger partial charge in [0.2, 0.25) is 0 Å². The van der Waals surface area contributed by atoms with Crippen LogP contribution in [0.4, 0.5) is 5.69 Å². The molecule has 0 N–H and O–H groups in total. The summed E-state index contributed by atoms with van der Waals surface area (Å²) in [7, 11) is 0. The van der Waals surface area contributed by atoms with Crippen LogP contribution in [0.3, 0.4) is 0 Å². The number of nitrogens with zero attached hydrogens (tertiary/aromatic N) is 1. The zero-order valence-corrected chi connectivity index (χ0v) is 14.1. The molecule has 0 aromatic heterocycles. The van der Waals surface area contributed by atoms with Crippen molar-refractivity contribution in [2.75, 3.05) is 0 Å². The molecule has 0 bridgehead atoms. The minimum atomic E-state index is 0.949. The summed E-state index contributed by atoms with van der Waals surface area (Å²) in [5.74, 6) is 0. The summed E-state index contributed by atoms with van der Waals surface area (Å²) in [6.45, 7) is 0. The molecule has 0 unspecified atom stereocenters. The second kappa shape index (κ2) is 7.70. The lowest BCUT2D eigenvalue weighted by atomic mass is 10.1. The Morgan fingerprint density at radius 1 is 0.609 bits per heavy atom. The Morgan fingerprint density at radius 3 is 1.83 bits per heavy atom. The molecule has 1 nitrogen and oxygen atoms in total.